The van der Waals surface area contributed by atoms with Crippen LogP contribution in [0, 0.1) is 18.7 Å². The molecule has 1 N–H and O–H groups in total. The van der Waals surface area contributed by atoms with Crippen molar-refractivity contribution in [1.29, 1.82) is 0 Å². The summed E-state index contributed by atoms with van der Waals surface area (Å²) in [6.07, 6.45) is 2.07. The Kier molecular flexibility index (Phi) is 6.73. The van der Waals surface area contributed by atoms with E-state index in [1.807, 2.05) is 6.92 Å². The minimum atomic E-state index is -0.241. The fourth-order valence-corrected chi connectivity index (χ4v) is 1.65. The van der Waals surface area contributed by atoms with E-state index in [0.717, 1.165) is 31.5 Å². The second kappa shape index (κ2) is 8.09. The lowest BCUT2D eigenvalue weighted by Crippen LogP contribution is -2.21. The smallest absolute Gasteiger partial charge is 0.126 e. The summed E-state index contributed by atoms with van der Waals surface area (Å²) >= 11 is 0. The van der Waals surface area contributed by atoms with Crippen LogP contribution in [0.2, 0.25) is 0 Å². The minimum Gasteiger partial charge on any atom is -0.493 e. The van der Waals surface area contributed by atoms with Crippen LogP contribution < -0.4 is 10.1 Å². The fraction of sp³-hybridized carbons (Fsp3) is 0.600. The molecule has 0 radical (unpaired) electrons. The van der Waals surface area contributed by atoms with Crippen molar-refractivity contribution in [2.24, 2.45) is 5.92 Å². The minimum absolute atomic E-state index is 0.241. The van der Waals surface area contributed by atoms with Crippen molar-refractivity contribution in [3.8, 4) is 5.75 Å². The lowest BCUT2D eigenvalue weighted by Gasteiger charge is -2.10. The molecule has 1 aromatic carbocycles. The Bertz CT molecular complexity index is 352. The lowest BCUT2D eigenvalue weighted by atomic mass is 10.2. The van der Waals surface area contributed by atoms with Crippen LogP contribution in [0.15, 0.2) is 18.2 Å². The van der Waals surface area contributed by atoms with Crippen molar-refractivity contribution in [1.82, 2.24) is 5.32 Å². The summed E-state index contributed by atoms with van der Waals surface area (Å²) in [5, 5.41) is 3.39. The molecule has 0 saturated carbocycles. The highest BCUT2D eigenvalue weighted by Gasteiger charge is 2.01. The molecule has 102 valence electrons. The zero-order chi connectivity index (χ0) is 13.4. The van der Waals surface area contributed by atoms with E-state index in [2.05, 4.69) is 19.2 Å². The summed E-state index contributed by atoms with van der Waals surface area (Å²) in [4.78, 5) is 0. The van der Waals surface area contributed by atoms with Gasteiger partial charge >= 0.3 is 0 Å². The highest BCUT2D eigenvalue weighted by Crippen LogP contribution is 2.18. The third-order valence-corrected chi connectivity index (χ3v) is 2.71. The Hall–Kier alpha value is -1.09. The van der Waals surface area contributed by atoms with Gasteiger partial charge in [0.15, 0.2) is 0 Å². The van der Waals surface area contributed by atoms with E-state index in [-0.39, 0.29) is 5.82 Å². The summed E-state index contributed by atoms with van der Waals surface area (Å²) in [6, 6.07) is 4.65. The molecule has 0 bridgehead atoms. The van der Waals surface area contributed by atoms with Crippen LogP contribution >= 0.6 is 0 Å². The Balaban J connectivity index is 2.12. The first-order chi connectivity index (χ1) is 8.59. The number of hydrogen-bond acceptors (Lipinski definition) is 2. The number of nitrogens with one attached hydrogen (secondary N) is 1. The molecule has 2 nitrogen and oxygen atoms in total. The Morgan fingerprint density at radius 1 is 1.28 bits per heavy atom. The summed E-state index contributed by atoms with van der Waals surface area (Å²) in [5.74, 6) is 1.11. The van der Waals surface area contributed by atoms with Gasteiger partial charge in [-0.1, -0.05) is 19.9 Å². The van der Waals surface area contributed by atoms with Gasteiger partial charge in [-0.25, -0.2) is 4.39 Å². The van der Waals surface area contributed by atoms with Gasteiger partial charge in [-0.15, -0.1) is 0 Å². The van der Waals surface area contributed by atoms with Gasteiger partial charge in [-0.3, -0.25) is 0 Å². The van der Waals surface area contributed by atoms with E-state index in [1.165, 1.54) is 12.1 Å². The number of aryl methyl sites for hydroxylation is 1. The molecule has 0 aliphatic rings. The normalized spacial score (nSPS) is 10.9. The lowest BCUT2D eigenvalue weighted by molar-refractivity contribution is 0.302. The number of ether oxygens (including phenoxy) is 1. The second-order valence-electron chi connectivity index (χ2n) is 5.06. The van der Waals surface area contributed by atoms with E-state index < -0.39 is 0 Å². The van der Waals surface area contributed by atoms with E-state index >= 15 is 0 Å². The molecule has 0 saturated heterocycles. The van der Waals surface area contributed by atoms with Crippen molar-refractivity contribution in [3.05, 3.63) is 29.6 Å². The highest BCUT2D eigenvalue weighted by atomic mass is 19.1. The average Bonchev–Trinajstić information content (AvgIpc) is 2.32. The zero-order valence-electron chi connectivity index (χ0n) is 11.6. The van der Waals surface area contributed by atoms with Gasteiger partial charge in [0.25, 0.3) is 0 Å². The molecule has 0 aliphatic heterocycles. The maximum Gasteiger partial charge on any atom is 0.126 e. The molecule has 3 heteroatoms. The van der Waals surface area contributed by atoms with Gasteiger partial charge in [-0.05, 0) is 50.4 Å². The van der Waals surface area contributed by atoms with E-state index in [4.69, 9.17) is 4.74 Å². The number of unbranched alkanes of at least 4 members (excludes halogenated alkanes) is 1. The molecule has 0 spiro atoms. The first kappa shape index (κ1) is 15.0. The standard InChI is InChI=1S/C15H24FNO/c1-12(2)11-17-8-4-5-9-18-15-10-14(16)7-6-13(15)3/h6-7,10,12,17H,4-5,8-9,11H2,1-3H3. The van der Waals surface area contributed by atoms with Crippen LogP contribution in [0.1, 0.15) is 32.3 Å². The summed E-state index contributed by atoms with van der Waals surface area (Å²) in [5.41, 5.74) is 0.981. The Morgan fingerprint density at radius 3 is 2.78 bits per heavy atom. The molecule has 0 amide bonds. The molecule has 0 aromatic heterocycles. The number of rotatable bonds is 8. The van der Waals surface area contributed by atoms with Crippen molar-refractivity contribution in [2.45, 2.75) is 33.6 Å². The summed E-state index contributed by atoms with van der Waals surface area (Å²) < 4.78 is 18.6. The monoisotopic (exact) mass is 253 g/mol. The second-order valence-corrected chi connectivity index (χ2v) is 5.06. The quantitative estimate of drug-likeness (QED) is 0.715. The van der Waals surface area contributed by atoms with Crippen LogP contribution in [0.4, 0.5) is 4.39 Å². The molecule has 0 heterocycles. The Labute approximate surface area is 110 Å². The maximum atomic E-state index is 13.0. The largest absolute Gasteiger partial charge is 0.493 e. The van der Waals surface area contributed by atoms with Crippen LogP contribution in [-0.4, -0.2) is 19.7 Å². The molecular weight excluding hydrogens is 229 g/mol. The van der Waals surface area contributed by atoms with Crippen molar-refractivity contribution >= 4 is 0 Å². The summed E-state index contributed by atoms with van der Waals surface area (Å²) in [7, 11) is 0. The van der Waals surface area contributed by atoms with E-state index in [0.29, 0.717) is 18.3 Å². The average molecular weight is 253 g/mol. The third-order valence-electron chi connectivity index (χ3n) is 2.71. The molecular formula is C15H24FNO. The molecule has 18 heavy (non-hydrogen) atoms. The number of halogens is 1. The molecule has 0 aliphatic carbocycles. The van der Waals surface area contributed by atoms with E-state index in [9.17, 15) is 4.39 Å². The van der Waals surface area contributed by atoms with Crippen molar-refractivity contribution in [2.75, 3.05) is 19.7 Å². The van der Waals surface area contributed by atoms with Gasteiger partial charge in [0, 0.05) is 6.07 Å². The van der Waals surface area contributed by atoms with Gasteiger partial charge in [-0.2, -0.15) is 0 Å². The molecule has 0 fully saturated rings. The topological polar surface area (TPSA) is 21.3 Å². The van der Waals surface area contributed by atoms with Crippen molar-refractivity contribution < 1.29 is 9.13 Å². The highest BCUT2D eigenvalue weighted by molar-refractivity contribution is 5.32. The molecule has 1 aromatic rings. The van der Waals surface area contributed by atoms with Crippen LogP contribution in [0.3, 0.4) is 0 Å². The van der Waals surface area contributed by atoms with Crippen LogP contribution in [-0.2, 0) is 0 Å². The predicted octanol–water partition coefficient (Wildman–Crippen LogP) is 3.54. The van der Waals surface area contributed by atoms with Gasteiger partial charge in [0.2, 0.25) is 0 Å². The molecule has 0 atom stereocenters. The summed E-state index contributed by atoms with van der Waals surface area (Å²) in [6.45, 7) is 9.05. The fourth-order valence-electron chi connectivity index (χ4n) is 1.65. The van der Waals surface area contributed by atoms with Crippen molar-refractivity contribution in [3.63, 3.8) is 0 Å². The first-order valence-electron chi connectivity index (χ1n) is 6.69. The predicted molar refractivity (Wildman–Crippen MR) is 73.6 cm³/mol. The number of hydrogen-bond donors (Lipinski definition) is 1. The molecule has 0 unspecified atom stereocenters. The first-order valence-corrected chi connectivity index (χ1v) is 6.69. The van der Waals surface area contributed by atoms with Gasteiger partial charge < -0.3 is 10.1 Å². The maximum absolute atomic E-state index is 13.0. The molecule has 1 rings (SSSR count). The van der Waals surface area contributed by atoms with Gasteiger partial charge in [0.05, 0.1) is 6.61 Å². The van der Waals surface area contributed by atoms with Crippen LogP contribution in [0.25, 0.3) is 0 Å². The van der Waals surface area contributed by atoms with Gasteiger partial charge in [0.1, 0.15) is 11.6 Å². The van der Waals surface area contributed by atoms with E-state index in [1.54, 1.807) is 6.07 Å². The third kappa shape index (κ3) is 6.01. The number of benzene rings is 1. The Morgan fingerprint density at radius 2 is 2.06 bits per heavy atom. The SMILES string of the molecule is Cc1ccc(F)cc1OCCCCNCC(C)C. The zero-order valence-corrected chi connectivity index (χ0v) is 11.6. The van der Waals surface area contributed by atoms with Crippen LogP contribution in [0.5, 0.6) is 5.75 Å².